The van der Waals surface area contributed by atoms with Crippen LogP contribution in [0.25, 0.3) is 0 Å². The van der Waals surface area contributed by atoms with Gasteiger partial charge in [0.15, 0.2) is 0 Å². The molecule has 1 aromatic rings. The molecule has 2 rings (SSSR count). The highest BCUT2D eigenvalue weighted by molar-refractivity contribution is 5.30. The van der Waals surface area contributed by atoms with E-state index in [0.717, 1.165) is 25.3 Å². The van der Waals surface area contributed by atoms with Gasteiger partial charge in [0.25, 0.3) is 0 Å². The van der Waals surface area contributed by atoms with E-state index in [1.165, 1.54) is 12.0 Å². The van der Waals surface area contributed by atoms with Crippen LogP contribution in [0, 0.1) is 5.92 Å². The highest BCUT2D eigenvalue weighted by atomic mass is 16.5. The van der Waals surface area contributed by atoms with Crippen LogP contribution in [-0.4, -0.2) is 25.3 Å². The van der Waals surface area contributed by atoms with Gasteiger partial charge >= 0.3 is 0 Å². The Morgan fingerprint density at radius 3 is 2.81 bits per heavy atom. The van der Waals surface area contributed by atoms with E-state index in [9.17, 15) is 0 Å². The number of benzene rings is 1. The van der Waals surface area contributed by atoms with Crippen molar-refractivity contribution in [1.29, 1.82) is 0 Å². The second-order valence-electron chi connectivity index (χ2n) is 6.50. The summed E-state index contributed by atoms with van der Waals surface area (Å²) in [5.41, 5.74) is 1.24. The second kappa shape index (κ2) is 7.81. The average Bonchev–Trinajstić information content (AvgIpc) is 2.45. The molecule has 0 aliphatic carbocycles. The van der Waals surface area contributed by atoms with E-state index in [2.05, 4.69) is 51.2 Å². The molecule has 1 saturated heterocycles. The van der Waals surface area contributed by atoms with Crippen molar-refractivity contribution in [1.82, 2.24) is 5.32 Å². The summed E-state index contributed by atoms with van der Waals surface area (Å²) < 4.78 is 11.9. The third-order valence-electron chi connectivity index (χ3n) is 3.79. The van der Waals surface area contributed by atoms with Crippen molar-refractivity contribution in [2.75, 3.05) is 13.2 Å². The van der Waals surface area contributed by atoms with E-state index in [1.807, 2.05) is 6.07 Å². The smallest absolute Gasteiger partial charge is 0.120 e. The van der Waals surface area contributed by atoms with Gasteiger partial charge in [0.2, 0.25) is 0 Å². The van der Waals surface area contributed by atoms with Crippen molar-refractivity contribution in [2.45, 2.75) is 58.8 Å². The van der Waals surface area contributed by atoms with Gasteiger partial charge in [-0.2, -0.15) is 0 Å². The van der Waals surface area contributed by atoms with Gasteiger partial charge in [0, 0.05) is 25.1 Å². The maximum absolute atomic E-state index is 6.07. The number of hydrogen-bond donors (Lipinski definition) is 1. The minimum absolute atomic E-state index is 0.181. The molecule has 3 nitrogen and oxygen atoms in total. The first kappa shape index (κ1) is 16.3. The molecule has 0 bridgehead atoms. The van der Waals surface area contributed by atoms with Crippen molar-refractivity contribution in [3.63, 3.8) is 0 Å². The fourth-order valence-electron chi connectivity index (χ4n) is 2.84. The van der Waals surface area contributed by atoms with Gasteiger partial charge in [-0.15, -0.1) is 0 Å². The average molecular weight is 291 g/mol. The fourth-order valence-corrected chi connectivity index (χ4v) is 2.84. The molecule has 2 atom stereocenters. The Morgan fingerprint density at radius 1 is 1.29 bits per heavy atom. The lowest BCUT2D eigenvalue weighted by Gasteiger charge is -2.33. The lowest BCUT2D eigenvalue weighted by Crippen LogP contribution is -2.35. The molecular formula is C18H29NO2. The zero-order chi connectivity index (χ0) is 15.2. The standard InChI is InChI=1S/C18H29NO2/c1-13(2)19-12-16-8-6-10-20-18(16)15-7-5-9-17(11-15)21-14(3)4/h5,7,9,11,13-14,16,18-19H,6,8,10,12H2,1-4H3. The summed E-state index contributed by atoms with van der Waals surface area (Å²) in [5, 5.41) is 3.55. The summed E-state index contributed by atoms with van der Waals surface area (Å²) in [6, 6.07) is 8.90. The Labute approximate surface area is 129 Å². The lowest BCUT2D eigenvalue weighted by molar-refractivity contribution is -0.0283. The zero-order valence-corrected chi connectivity index (χ0v) is 13.8. The topological polar surface area (TPSA) is 30.5 Å². The van der Waals surface area contributed by atoms with E-state index >= 15 is 0 Å². The molecule has 1 aromatic carbocycles. The summed E-state index contributed by atoms with van der Waals surface area (Å²) in [5.74, 6) is 1.47. The first-order valence-corrected chi connectivity index (χ1v) is 8.18. The van der Waals surface area contributed by atoms with Crippen LogP contribution in [0.1, 0.15) is 52.2 Å². The predicted molar refractivity (Wildman–Crippen MR) is 86.8 cm³/mol. The van der Waals surface area contributed by atoms with Gasteiger partial charge in [0.05, 0.1) is 12.2 Å². The number of ether oxygens (including phenoxy) is 2. The van der Waals surface area contributed by atoms with Gasteiger partial charge in [-0.25, -0.2) is 0 Å². The van der Waals surface area contributed by atoms with Crippen LogP contribution in [0.4, 0.5) is 0 Å². The Kier molecular flexibility index (Phi) is 6.07. The van der Waals surface area contributed by atoms with E-state index in [-0.39, 0.29) is 12.2 Å². The molecule has 1 aliphatic heterocycles. The van der Waals surface area contributed by atoms with Gasteiger partial charge in [-0.05, 0) is 44.4 Å². The molecule has 21 heavy (non-hydrogen) atoms. The van der Waals surface area contributed by atoms with E-state index < -0.39 is 0 Å². The first-order valence-electron chi connectivity index (χ1n) is 8.18. The monoisotopic (exact) mass is 291 g/mol. The van der Waals surface area contributed by atoms with Crippen LogP contribution in [0.5, 0.6) is 5.75 Å². The maximum Gasteiger partial charge on any atom is 0.120 e. The van der Waals surface area contributed by atoms with Crippen LogP contribution >= 0.6 is 0 Å². The Hall–Kier alpha value is -1.06. The summed E-state index contributed by atoms with van der Waals surface area (Å²) in [6.07, 6.45) is 2.76. The van der Waals surface area contributed by atoms with Gasteiger partial charge in [-0.3, -0.25) is 0 Å². The molecule has 1 N–H and O–H groups in total. The first-order chi connectivity index (χ1) is 10.1. The SMILES string of the molecule is CC(C)NCC1CCCOC1c1cccc(OC(C)C)c1. The summed E-state index contributed by atoms with van der Waals surface area (Å²) in [4.78, 5) is 0. The molecule has 118 valence electrons. The van der Waals surface area contributed by atoms with Crippen LogP contribution < -0.4 is 10.1 Å². The van der Waals surface area contributed by atoms with Crippen molar-refractivity contribution in [3.8, 4) is 5.75 Å². The summed E-state index contributed by atoms with van der Waals surface area (Å²) in [6.45, 7) is 10.4. The van der Waals surface area contributed by atoms with Gasteiger partial charge in [0.1, 0.15) is 5.75 Å². The number of rotatable bonds is 6. The minimum atomic E-state index is 0.181. The largest absolute Gasteiger partial charge is 0.491 e. The van der Waals surface area contributed by atoms with Crippen molar-refractivity contribution in [2.24, 2.45) is 5.92 Å². The molecular weight excluding hydrogens is 262 g/mol. The third kappa shape index (κ3) is 5.01. The summed E-state index contributed by atoms with van der Waals surface area (Å²) in [7, 11) is 0. The predicted octanol–water partition coefficient (Wildman–Crippen LogP) is 3.94. The third-order valence-corrected chi connectivity index (χ3v) is 3.79. The van der Waals surface area contributed by atoms with Gasteiger partial charge in [-0.1, -0.05) is 26.0 Å². The van der Waals surface area contributed by atoms with E-state index in [4.69, 9.17) is 9.47 Å². The highest BCUT2D eigenvalue weighted by Gasteiger charge is 2.27. The Morgan fingerprint density at radius 2 is 2.10 bits per heavy atom. The van der Waals surface area contributed by atoms with Crippen molar-refractivity contribution in [3.05, 3.63) is 29.8 Å². The molecule has 0 spiro atoms. The maximum atomic E-state index is 6.07. The van der Waals surface area contributed by atoms with E-state index in [0.29, 0.717) is 12.0 Å². The quantitative estimate of drug-likeness (QED) is 0.861. The van der Waals surface area contributed by atoms with Crippen LogP contribution in [0.2, 0.25) is 0 Å². The molecule has 2 unspecified atom stereocenters. The zero-order valence-electron chi connectivity index (χ0n) is 13.8. The van der Waals surface area contributed by atoms with Crippen molar-refractivity contribution < 1.29 is 9.47 Å². The number of hydrogen-bond acceptors (Lipinski definition) is 3. The van der Waals surface area contributed by atoms with Crippen LogP contribution in [0.15, 0.2) is 24.3 Å². The van der Waals surface area contributed by atoms with Crippen LogP contribution in [-0.2, 0) is 4.74 Å². The normalized spacial score (nSPS) is 22.8. The van der Waals surface area contributed by atoms with E-state index in [1.54, 1.807) is 0 Å². The van der Waals surface area contributed by atoms with Gasteiger partial charge < -0.3 is 14.8 Å². The van der Waals surface area contributed by atoms with Crippen molar-refractivity contribution >= 4 is 0 Å². The second-order valence-corrected chi connectivity index (χ2v) is 6.50. The Bertz CT molecular complexity index is 431. The van der Waals surface area contributed by atoms with Crippen LogP contribution in [0.3, 0.4) is 0 Å². The minimum Gasteiger partial charge on any atom is -0.491 e. The fraction of sp³-hybridized carbons (Fsp3) is 0.667. The molecule has 1 heterocycles. The molecule has 0 saturated carbocycles. The molecule has 3 heteroatoms. The molecule has 0 aromatic heterocycles. The Balaban J connectivity index is 2.09. The summed E-state index contributed by atoms with van der Waals surface area (Å²) >= 11 is 0. The lowest BCUT2D eigenvalue weighted by atomic mass is 9.89. The molecule has 1 fully saturated rings. The highest BCUT2D eigenvalue weighted by Crippen LogP contribution is 2.34. The molecule has 0 radical (unpaired) electrons. The molecule has 0 amide bonds. The number of nitrogens with one attached hydrogen (secondary N) is 1. The molecule has 1 aliphatic rings.